The average Bonchev–Trinajstić information content (AvgIpc) is 2.43. The lowest BCUT2D eigenvalue weighted by Crippen LogP contribution is -2.19. The van der Waals surface area contributed by atoms with Crippen molar-refractivity contribution >= 4 is 37.5 Å². The molecule has 2 aromatic carbocycles. The van der Waals surface area contributed by atoms with Crippen LogP contribution < -0.4 is 5.32 Å². The molecule has 0 saturated carbocycles. The summed E-state index contributed by atoms with van der Waals surface area (Å²) >= 11 is 6.94. The number of rotatable bonds is 5. The second kappa shape index (κ2) is 7.15. The molecule has 0 radical (unpaired) electrons. The molecule has 0 aliphatic rings. The number of halogens is 2. The molecule has 0 aliphatic heterocycles. The zero-order valence-electron chi connectivity index (χ0n) is 11.3. The van der Waals surface area contributed by atoms with Crippen LogP contribution in [0.15, 0.2) is 51.4 Å². The summed E-state index contributed by atoms with van der Waals surface area (Å²) in [6.07, 6.45) is 0.552. The largest absolute Gasteiger partial charge is 0.313 e. The Bertz CT molecular complexity index is 642. The van der Waals surface area contributed by atoms with Gasteiger partial charge >= 0.3 is 0 Å². The van der Waals surface area contributed by atoms with Gasteiger partial charge in [0.05, 0.1) is 4.92 Å². The topological polar surface area (TPSA) is 55.2 Å². The molecule has 6 heteroatoms. The molecule has 1 unspecified atom stereocenters. The predicted octanol–water partition coefficient (Wildman–Crippen LogP) is 4.62. The summed E-state index contributed by atoms with van der Waals surface area (Å²) in [7, 11) is 1.86. The van der Waals surface area contributed by atoms with Crippen LogP contribution in [-0.4, -0.2) is 12.0 Å². The molecule has 1 atom stereocenters. The Morgan fingerprint density at radius 1 is 1.19 bits per heavy atom. The van der Waals surface area contributed by atoms with Gasteiger partial charge in [0.2, 0.25) is 0 Å². The van der Waals surface area contributed by atoms with Crippen molar-refractivity contribution in [3.63, 3.8) is 0 Å². The van der Waals surface area contributed by atoms with E-state index in [0.29, 0.717) is 6.42 Å². The standard InChI is InChI=1S/C15H14Br2N2O2/c1-18-14(11-6-12(16)9-13(17)7-11)8-10-4-2-3-5-15(10)19(20)21/h2-7,9,14,18H,8H2,1H3. The molecule has 0 aromatic heterocycles. The van der Waals surface area contributed by atoms with Crippen molar-refractivity contribution in [2.45, 2.75) is 12.5 Å². The molecular formula is C15H14Br2N2O2. The van der Waals surface area contributed by atoms with Crippen LogP contribution in [0.4, 0.5) is 5.69 Å². The molecule has 0 aliphatic carbocycles. The first-order chi connectivity index (χ1) is 10.0. The van der Waals surface area contributed by atoms with Crippen LogP contribution >= 0.6 is 31.9 Å². The highest BCUT2D eigenvalue weighted by Crippen LogP contribution is 2.28. The highest BCUT2D eigenvalue weighted by Gasteiger charge is 2.18. The molecule has 2 rings (SSSR count). The van der Waals surface area contributed by atoms with Crippen LogP contribution in [-0.2, 0) is 6.42 Å². The quantitative estimate of drug-likeness (QED) is 0.574. The number of hydrogen-bond acceptors (Lipinski definition) is 3. The van der Waals surface area contributed by atoms with Crippen LogP contribution in [0.3, 0.4) is 0 Å². The van der Waals surface area contributed by atoms with Gasteiger partial charge in [-0.25, -0.2) is 0 Å². The van der Waals surface area contributed by atoms with Gasteiger partial charge in [0.15, 0.2) is 0 Å². The van der Waals surface area contributed by atoms with Crippen molar-refractivity contribution in [3.05, 3.63) is 72.7 Å². The number of para-hydroxylation sites is 1. The van der Waals surface area contributed by atoms with Gasteiger partial charge in [-0.15, -0.1) is 0 Å². The van der Waals surface area contributed by atoms with E-state index in [1.54, 1.807) is 18.2 Å². The summed E-state index contributed by atoms with van der Waals surface area (Å²) in [5, 5.41) is 14.3. The molecule has 0 heterocycles. The van der Waals surface area contributed by atoms with Gasteiger partial charge < -0.3 is 5.32 Å². The Kier molecular flexibility index (Phi) is 5.50. The lowest BCUT2D eigenvalue weighted by Gasteiger charge is -2.17. The van der Waals surface area contributed by atoms with E-state index in [4.69, 9.17) is 0 Å². The van der Waals surface area contributed by atoms with Gasteiger partial charge in [0.25, 0.3) is 5.69 Å². The molecule has 0 bridgehead atoms. The number of nitro groups is 1. The van der Waals surface area contributed by atoms with Gasteiger partial charge in [0.1, 0.15) is 0 Å². The fraction of sp³-hybridized carbons (Fsp3) is 0.200. The minimum atomic E-state index is -0.334. The maximum atomic E-state index is 11.1. The number of nitrogens with one attached hydrogen (secondary N) is 1. The highest BCUT2D eigenvalue weighted by atomic mass is 79.9. The Morgan fingerprint density at radius 2 is 1.81 bits per heavy atom. The summed E-state index contributed by atoms with van der Waals surface area (Å²) in [6, 6.07) is 12.8. The molecule has 0 fully saturated rings. The van der Waals surface area contributed by atoms with Crippen LogP contribution in [0, 0.1) is 10.1 Å². The van der Waals surface area contributed by atoms with Crippen molar-refractivity contribution in [1.29, 1.82) is 0 Å². The first-order valence-electron chi connectivity index (χ1n) is 6.37. The molecule has 4 nitrogen and oxygen atoms in total. The summed E-state index contributed by atoms with van der Waals surface area (Å²) in [5.74, 6) is 0. The minimum absolute atomic E-state index is 0.0000926. The third-order valence-corrected chi connectivity index (χ3v) is 4.16. The van der Waals surface area contributed by atoms with Gasteiger partial charge in [-0.2, -0.15) is 0 Å². The summed E-state index contributed by atoms with van der Waals surface area (Å²) in [4.78, 5) is 10.8. The van der Waals surface area contributed by atoms with Crippen LogP contribution in [0.5, 0.6) is 0 Å². The van der Waals surface area contributed by atoms with Gasteiger partial charge in [-0.3, -0.25) is 10.1 Å². The van der Waals surface area contributed by atoms with Crippen molar-refractivity contribution in [1.82, 2.24) is 5.32 Å². The van der Waals surface area contributed by atoms with Crippen LogP contribution in [0.1, 0.15) is 17.2 Å². The van der Waals surface area contributed by atoms with Gasteiger partial charge in [0, 0.05) is 26.6 Å². The van der Waals surface area contributed by atoms with E-state index in [2.05, 4.69) is 37.2 Å². The number of hydrogen-bond donors (Lipinski definition) is 1. The maximum Gasteiger partial charge on any atom is 0.272 e. The second-order valence-corrected chi connectivity index (χ2v) is 6.47. The Hall–Kier alpha value is -1.24. The highest BCUT2D eigenvalue weighted by molar-refractivity contribution is 9.11. The fourth-order valence-corrected chi connectivity index (χ4v) is 3.57. The van der Waals surface area contributed by atoms with Crippen molar-refractivity contribution in [2.75, 3.05) is 7.05 Å². The second-order valence-electron chi connectivity index (χ2n) is 4.63. The van der Waals surface area contributed by atoms with E-state index in [1.165, 1.54) is 0 Å². The summed E-state index contributed by atoms with van der Waals surface area (Å²) in [6.45, 7) is 0. The molecule has 21 heavy (non-hydrogen) atoms. The summed E-state index contributed by atoms with van der Waals surface area (Å²) < 4.78 is 1.93. The van der Waals surface area contributed by atoms with E-state index < -0.39 is 0 Å². The van der Waals surface area contributed by atoms with E-state index in [-0.39, 0.29) is 16.7 Å². The normalized spacial score (nSPS) is 12.1. The molecule has 0 spiro atoms. The molecule has 2 aromatic rings. The number of likely N-dealkylation sites (N-methyl/N-ethyl adjacent to an activating group) is 1. The first-order valence-corrected chi connectivity index (χ1v) is 7.95. The Balaban J connectivity index is 2.33. The molecule has 0 saturated heterocycles. The van der Waals surface area contributed by atoms with Gasteiger partial charge in [-0.1, -0.05) is 50.1 Å². The third-order valence-electron chi connectivity index (χ3n) is 3.25. The van der Waals surface area contributed by atoms with Gasteiger partial charge in [-0.05, 0) is 37.2 Å². The van der Waals surface area contributed by atoms with Crippen molar-refractivity contribution in [2.24, 2.45) is 0 Å². The van der Waals surface area contributed by atoms with Crippen LogP contribution in [0.25, 0.3) is 0 Å². The van der Waals surface area contributed by atoms with Crippen molar-refractivity contribution < 1.29 is 4.92 Å². The maximum absolute atomic E-state index is 11.1. The lowest BCUT2D eigenvalue weighted by molar-refractivity contribution is -0.385. The average molecular weight is 414 g/mol. The first kappa shape index (κ1) is 16.1. The smallest absolute Gasteiger partial charge is 0.272 e. The number of nitrogens with zero attached hydrogens (tertiary/aromatic N) is 1. The number of benzene rings is 2. The number of nitro benzene ring substituents is 1. The summed E-state index contributed by atoms with van der Waals surface area (Å²) in [5.41, 5.74) is 1.95. The molecule has 1 N–H and O–H groups in total. The Labute approximate surface area is 140 Å². The zero-order chi connectivity index (χ0) is 15.4. The molecule has 110 valence electrons. The van der Waals surface area contributed by atoms with Crippen molar-refractivity contribution in [3.8, 4) is 0 Å². The monoisotopic (exact) mass is 412 g/mol. The molecular weight excluding hydrogens is 400 g/mol. The van der Waals surface area contributed by atoms with E-state index in [9.17, 15) is 10.1 Å². The minimum Gasteiger partial charge on any atom is -0.313 e. The zero-order valence-corrected chi connectivity index (χ0v) is 14.5. The SMILES string of the molecule is CNC(Cc1ccccc1[N+](=O)[O-])c1cc(Br)cc(Br)c1. The van der Waals surface area contributed by atoms with Crippen LogP contribution in [0.2, 0.25) is 0 Å². The van der Waals surface area contributed by atoms with E-state index in [1.807, 2.05) is 31.3 Å². The third kappa shape index (κ3) is 4.12. The predicted molar refractivity (Wildman–Crippen MR) is 90.4 cm³/mol. The van der Waals surface area contributed by atoms with E-state index in [0.717, 1.165) is 20.1 Å². The molecule has 0 amide bonds. The fourth-order valence-electron chi connectivity index (χ4n) is 2.24. The van der Waals surface area contributed by atoms with E-state index >= 15 is 0 Å². The Morgan fingerprint density at radius 3 is 2.38 bits per heavy atom. The lowest BCUT2D eigenvalue weighted by atomic mass is 9.98.